The molecule has 216 valence electrons. The predicted octanol–water partition coefficient (Wildman–Crippen LogP) is 6.59. The van der Waals surface area contributed by atoms with Gasteiger partial charge in [-0.25, -0.2) is 0 Å². The number of nitrogens with zero attached hydrogens (tertiary/aromatic N) is 3. The number of amides is 1. The van der Waals surface area contributed by atoms with E-state index < -0.39 is 5.41 Å². The van der Waals surface area contributed by atoms with Gasteiger partial charge in [0.2, 0.25) is 0 Å². The average Bonchev–Trinajstić information content (AvgIpc) is 3.12. The maximum atomic E-state index is 13.0. The third-order valence-electron chi connectivity index (χ3n) is 9.49. The Morgan fingerprint density at radius 1 is 1.00 bits per heavy atom. The van der Waals surface area contributed by atoms with E-state index in [1.165, 1.54) is 16.7 Å². The lowest BCUT2D eigenvalue weighted by Gasteiger charge is -2.37. The summed E-state index contributed by atoms with van der Waals surface area (Å²) < 4.78 is 2.00. The summed E-state index contributed by atoms with van der Waals surface area (Å²) in [6.45, 7) is 1.20. The van der Waals surface area contributed by atoms with Gasteiger partial charge in [0.15, 0.2) is 6.61 Å². The molecule has 6 rings (SSSR count). The Hall–Kier alpha value is -2.10. The van der Waals surface area contributed by atoms with E-state index in [4.69, 9.17) is 21.4 Å². The lowest BCUT2D eigenvalue weighted by atomic mass is 9.71. The second-order valence-corrected chi connectivity index (χ2v) is 13.9. The average molecular weight is 706 g/mol. The monoisotopic (exact) mass is 703 g/mol. The normalized spacial score (nSPS) is 22.4. The fourth-order valence-corrected chi connectivity index (χ4v) is 8.76. The third kappa shape index (κ3) is 5.66. The van der Waals surface area contributed by atoms with Crippen LogP contribution < -0.4 is 0 Å². The molecule has 3 fully saturated rings. The van der Waals surface area contributed by atoms with Crippen LogP contribution in [0.25, 0.3) is 0 Å². The van der Waals surface area contributed by atoms with Gasteiger partial charge in [0, 0.05) is 52.0 Å². The molecule has 0 radical (unpaired) electrons. The molecule has 2 heterocycles. The van der Waals surface area contributed by atoms with Crippen molar-refractivity contribution < 1.29 is 19.2 Å². The fourth-order valence-electron chi connectivity index (χ4n) is 7.26. The van der Waals surface area contributed by atoms with Crippen molar-refractivity contribution in [3.8, 4) is 0 Å². The molecule has 2 aromatic rings. The molecule has 0 N–H and O–H groups in total. The zero-order valence-corrected chi connectivity index (χ0v) is 26.7. The van der Waals surface area contributed by atoms with E-state index in [9.17, 15) is 14.4 Å². The quantitative estimate of drug-likeness (QED) is 0.265. The number of rotatable bonds is 4. The maximum absolute atomic E-state index is 13.0. The second kappa shape index (κ2) is 11.9. The van der Waals surface area contributed by atoms with E-state index >= 15 is 0 Å². The topological polar surface area (TPSA) is 88.9 Å². The molecule has 1 amide bonds. The molecule has 41 heavy (non-hydrogen) atoms. The van der Waals surface area contributed by atoms with Crippen molar-refractivity contribution in [3.05, 3.63) is 60.7 Å². The first-order chi connectivity index (χ1) is 19.7. The number of oxime groups is 1. The van der Waals surface area contributed by atoms with E-state index in [0.717, 1.165) is 51.1 Å². The zero-order chi connectivity index (χ0) is 28.7. The van der Waals surface area contributed by atoms with Crippen molar-refractivity contribution in [1.82, 2.24) is 9.88 Å². The number of piperidine rings is 1. The third-order valence-corrected chi connectivity index (χ3v) is 10.8. The van der Waals surface area contributed by atoms with Crippen molar-refractivity contribution in [2.45, 2.75) is 70.1 Å². The number of likely N-dealkylation sites (tertiary alicyclic amines) is 1. The highest BCUT2D eigenvalue weighted by atomic mass is 79.9. The van der Waals surface area contributed by atoms with Gasteiger partial charge in [0.05, 0.1) is 16.8 Å². The van der Waals surface area contributed by atoms with Crippen LogP contribution in [-0.4, -0.2) is 52.8 Å². The SMILES string of the molecule is O=C(CON=C1CCC2(CC1)C(=O)CCC2=O)N1CCC([C@H]2c3ncc(Br)cc3CCc3cc(Cl)cc(Br)c32)CC1. The van der Waals surface area contributed by atoms with E-state index in [0.29, 0.717) is 57.5 Å². The van der Waals surface area contributed by atoms with Crippen LogP contribution >= 0.6 is 43.5 Å². The van der Waals surface area contributed by atoms with Gasteiger partial charge in [-0.1, -0.05) is 32.7 Å². The van der Waals surface area contributed by atoms with Crippen molar-refractivity contribution in [3.63, 3.8) is 0 Å². The Morgan fingerprint density at radius 2 is 1.68 bits per heavy atom. The molecule has 0 unspecified atom stereocenters. The Balaban J connectivity index is 1.09. The van der Waals surface area contributed by atoms with Crippen LogP contribution in [0.2, 0.25) is 5.02 Å². The van der Waals surface area contributed by atoms with Gasteiger partial charge in [-0.2, -0.15) is 0 Å². The number of carbonyl (C=O) groups is 3. The molecule has 1 aliphatic heterocycles. The first-order valence-electron chi connectivity index (χ1n) is 14.4. The summed E-state index contributed by atoms with van der Waals surface area (Å²) in [6.07, 6.45) is 8.30. The minimum Gasteiger partial charge on any atom is -0.386 e. The summed E-state index contributed by atoms with van der Waals surface area (Å²) in [5.74, 6) is 0.541. The molecule has 1 spiro atoms. The van der Waals surface area contributed by atoms with Crippen molar-refractivity contribution in [2.24, 2.45) is 16.5 Å². The zero-order valence-electron chi connectivity index (χ0n) is 22.8. The molecule has 4 aliphatic rings. The molecule has 2 saturated carbocycles. The van der Waals surface area contributed by atoms with E-state index in [1.807, 2.05) is 17.2 Å². The number of hydrogen-bond acceptors (Lipinski definition) is 6. The van der Waals surface area contributed by atoms with Gasteiger partial charge in [0.1, 0.15) is 11.6 Å². The number of fused-ring (bicyclic) bond motifs is 2. The number of aromatic nitrogens is 1. The molecule has 1 atom stereocenters. The van der Waals surface area contributed by atoms with Crippen LogP contribution in [0, 0.1) is 11.3 Å². The number of hydrogen-bond donors (Lipinski definition) is 0. The number of ketones is 2. The Kier molecular flexibility index (Phi) is 8.40. The standard InChI is InChI=1S/C31H32Br2ClN3O4/c32-21-13-20-2-1-19-14-22(34)15-24(33)28(19)29(30(20)35-16-21)18-7-11-37(12-8-18)27(40)17-41-36-23-5-9-31(10-6-23)25(38)3-4-26(31)39/h13-16,18,29H,1-12,17H2/t29-/m1/s1. The highest BCUT2D eigenvalue weighted by Gasteiger charge is 2.50. The molecular formula is C31H32Br2ClN3O4. The van der Waals surface area contributed by atoms with Crippen molar-refractivity contribution in [2.75, 3.05) is 19.7 Å². The lowest BCUT2D eigenvalue weighted by Crippen LogP contribution is -2.41. The first kappa shape index (κ1) is 29.0. The fraction of sp³-hybridized carbons (Fsp3) is 0.516. The van der Waals surface area contributed by atoms with Gasteiger partial charge in [0.25, 0.3) is 5.91 Å². The van der Waals surface area contributed by atoms with Crippen LogP contribution in [0.1, 0.15) is 79.7 Å². The van der Waals surface area contributed by atoms with Crippen molar-refractivity contribution >= 4 is 66.6 Å². The number of halogens is 3. The van der Waals surface area contributed by atoms with Gasteiger partial charge < -0.3 is 9.74 Å². The van der Waals surface area contributed by atoms with Crippen LogP contribution in [0.5, 0.6) is 0 Å². The lowest BCUT2D eigenvalue weighted by molar-refractivity contribution is -0.137. The largest absolute Gasteiger partial charge is 0.386 e. The summed E-state index contributed by atoms with van der Waals surface area (Å²) in [7, 11) is 0. The Morgan fingerprint density at radius 3 is 2.39 bits per heavy atom. The van der Waals surface area contributed by atoms with Gasteiger partial charge in [-0.3, -0.25) is 19.4 Å². The van der Waals surface area contributed by atoms with E-state index in [-0.39, 0.29) is 30.0 Å². The number of pyridine rings is 1. The summed E-state index contributed by atoms with van der Waals surface area (Å²) in [5.41, 5.74) is 4.93. The summed E-state index contributed by atoms with van der Waals surface area (Å²) in [6, 6.07) is 6.25. The molecule has 1 aromatic heterocycles. The van der Waals surface area contributed by atoms with Crippen LogP contribution in [0.4, 0.5) is 0 Å². The van der Waals surface area contributed by atoms with Gasteiger partial charge in [-0.05, 0) is 108 Å². The van der Waals surface area contributed by atoms with Gasteiger partial charge in [-0.15, -0.1) is 0 Å². The molecule has 1 aromatic carbocycles. The number of benzene rings is 1. The van der Waals surface area contributed by atoms with Crippen molar-refractivity contribution in [1.29, 1.82) is 0 Å². The molecule has 10 heteroatoms. The number of carbonyl (C=O) groups excluding carboxylic acids is 3. The highest BCUT2D eigenvalue weighted by Crippen LogP contribution is 2.46. The van der Waals surface area contributed by atoms with E-state index in [2.05, 4.69) is 49.1 Å². The predicted molar refractivity (Wildman–Crippen MR) is 163 cm³/mol. The van der Waals surface area contributed by atoms with Crippen LogP contribution in [0.15, 0.2) is 38.5 Å². The minimum absolute atomic E-state index is 0.0714. The molecule has 0 bridgehead atoms. The smallest absolute Gasteiger partial charge is 0.263 e. The first-order valence-corrected chi connectivity index (χ1v) is 16.4. The van der Waals surface area contributed by atoms with Crippen LogP contribution in [0.3, 0.4) is 0 Å². The number of aryl methyl sites for hydroxylation is 2. The molecule has 7 nitrogen and oxygen atoms in total. The van der Waals surface area contributed by atoms with Crippen LogP contribution in [-0.2, 0) is 32.1 Å². The number of Topliss-reactive ketones (excluding diaryl/α,β-unsaturated/α-hetero) is 2. The minimum atomic E-state index is -0.786. The second-order valence-electron chi connectivity index (χ2n) is 11.7. The molecule has 1 saturated heterocycles. The Bertz CT molecular complexity index is 1410. The summed E-state index contributed by atoms with van der Waals surface area (Å²) in [5, 5.41) is 4.94. The Labute approximate surface area is 261 Å². The molecule has 3 aliphatic carbocycles. The van der Waals surface area contributed by atoms with Gasteiger partial charge >= 0.3 is 0 Å². The highest BCUT2D eigenvalue weighted by molar-refractivity contribution is 9.10. The summed E-state index contributed by atoms with van der Waals surface area (Å²) >= 11 is 13.9. The van der Waals surface area contributed by atoms with E-state index in [1.54, 1.807) is 0 Å². The maximum Gasteiger partial charge on any atom is 0.263 e. The molecular weight excluding hydrogens is 674 g/mol. The summed E-state index contributed by atoms with van der Waals surface area (Å²) in [4.78, 5) is 49.9.